The van der Waals surface area contributed by atoms with Crippen LogP contribution in [0.5, 0.6) is 0 Å². The lowest BCUT2D eigenvalue weighted by Crippen LogP contribution is -1.96. The maximum atomic E-state index is 4.84. The van der Waals surface area contributed by atoms with Crippen molar-refractivity contribution in [3.05, 3.63) is 59.7 Å². The Bertz CT molecular complexity index is 784. The highest BCUT2D eigenvalue weighted by atomic mass is 14.7. The molecule has 0 radical (unpaired) electrons. The molecule has 0 amide bonds. The zero-order valence-corrected chi connectivity index (χ0v) is 10.1. The smallest absolute Gasteiger partial charge is 0.0784 e. The van der Waals surface area contributed by atoms with Gasteiger partial charge in [-0.25, -0.2) is 4.98 Å². The van der Waals surface area contributed by atoms with Gasteiger partial charge in [0.05, 0.1) is 11.0 Å². The summed E-state index contributed by atoms with van der Waals surface area (Å²) in [4.78, 5) is 4.84. The van der Waals surface area contributed by atoms with Crippen molar-refractivity contribution in [2.45, 2.75) is 12.8 Å². The van der Waals surface area contributed by atoms with Gasteiger partial charge in [0.15, 0.2) is 0 Å². The predicted molar refractivity (Wildman–Crippen MR) is 76.6 cm³/mol. The molecular formula is C17H13N. The van der Waals surface area contributed by atoms with E-state index in [0.717, 1.165) is 23.9 Å². The van der Waals surface area contributed by atoms with Crippen LogP contribution in [0.2, 0.25) is 0 Å². The Balaban J connectivity index is 2.16. The van der Waals surface area contributed by atoms with Crippen LogP contribution < -0.4 is 0 Å². The molecule has 2 aromatic carbocycles. The van der Waals surface area contributed by atoms with Crippen LogP contribution in [0.4, 0.5) is 0 Å². The van der Waals surface area contributed by atoms with E-state index in [1.54, 1.807) is 0 Å². The molecule has 0 aliphatic heterocycles. The van der Waals surface area contributed by atoms with E-state index in [4.69, 9.17) is 4.98 Å². The minimum absolute atomic E-state index is 1.08. The van der Waals surface area contributed by atoms with Crippen molar-refractivity contribution in [1.82, 2.24) is 4.98 Å². The highest BCUT2D eigenvalue weighted by Gasteiger charge is 2.10. The quantitative estimate of drug-likeness (QED) is 0.524. The minimum atomic E-state index is 1.08. The molecule has 0 fully saturated rings. The summed E-state index contributed by atoms with van der Waals surface area (Å²) in [6.45, 7) is 0. The summed E-state index contributed by atoms with van der Waals surface area (Å²) in [5, 5.41) is 2.45. The summed E-state index contributed by atoms with van der Waals surface area (Å²) in [6, 6.07) is 15.0. The van der Waals surface area contributed by atoms with Crippen molar-refractivity contribution in [2.24, 2.45) is 0 Å². The SMILES string of the molecule is C1=Cc2c(ccc3cc4ccccc4nc23)CC1. The van der Waals surface area contributed by atoms with Crippen molar-refractivity contribution < 1.29 is 0 Å². The second-order valence-corrected chi connectivity index (χ2v) is 4.83. The Kier molecular flexibility index (Phi) is 2.01. The summed E-state index contributed by atoms with van der Waals surface area (Å²) in [7, 11) is 0. The van der Waals surface area contributed by atoms with Gasteiger partial charge in [-0.2, -0.15) is 0 Å². The topological polar surface area (TPSA) is 12.9 Å². The third kappa shape index (κ3) is 1.37. The summed E-state index contributed by atoms with van der Waals surface area (Å²) < 4.78 is 0. The second-order valence-electron chi connectivity index (χ2n) is 4.83. The van der Waals surface area contributed by atoms with E-state index in [-0.39, 0.29) is 0 Å². The van der Waals surface area contributed by atoms with E-state index >= 15 is 0 Å². The van der Waals surface area contributed by atoms with Gasteiger partial charge in [-0.3, -0.25) is 0 Å². The minimum Gasteiger partial charge on any atom is -0.247 e. The third-order valence-corrected chi connectivity index (χ3v) is 3.68. The van der Waals surface area contributed by atoms with Crippen molar-refractivity contribution >= 4 is 27.9 Å². The van der Waals surface area contributed by atoms with Gasteiger partial charge >= 0.3 is 0 Å². The number of aryl methyl sites for hydroxylation is 1. The number of rotatable bonds is 0. The van der Waals surface area contributed by atoms with E-state index in [2.05, 4.69) is 48.6 Å². The molecule has 0 saturated heterocycles. The Hall–Kier alpha value is -2.15. The van der Waals surface area contributed by atoms with E-state index in [1.807, 2.05) is 6.07 Å². The largest absolute Gasteiger partial charge is 0.247 e. The van der Waals surface area contributed by atoms with Gasteiger partial charge in [0.2, 0.25) is 0 Å². The monoisotopic (exact) mass is 231 g/mol. The summed E-state index contributed by atoms with van der Waals surface area (Å²) in [5.74, 6) is 0. The van der Waals surface area contributed by atoms with Crippen LogP contribution in [0.3, 0.4) is 0 Å². The van der Waals surface area contributed by atoms with Crippen molar-refractivity contribution in [3.8, 4) is 0 Å². The van der Waals surface area contributed by atoms with Gasteiger partial charge < -0.3 is 0 Å². The van der Waals surface area contributed by atoms with Gasteiger partial charge in [-0.15, -0.1) is 0 Å². The summed E-state index contributed by atoms with van der Waals surface area (Å²) in [5.41, 5.74) is 4.96. The number of aromatic nitrogens is 1. The lowest BCUT2D eigenvalue weighted by atomic mass is 9.94. The van der Waals surface area contributed by atoms with Crippen LogP contribution in [-0.2, 0) is 6.42 Å². The average Bonchev–Trinajstić information content (AvgIpc) is 2.45. The number of hydrogen-bond acceptors (Lipinski definition) is 1. The van der Waals surface area contributed by atoms with Crippen molar-refractivity contribution in [3.63, 3.8) is 0 Å². The highest BCUT2D eigenvalue weighted by Crippen LogP contribution is 2.28. The van der Waals surface area contributed by atoms with Gasteiger partial charge in [0.1, 0.15) is 0 Å². The molecule has 3 aromatic rings. The first kappa shape index (κ1) is 9.84. The van der Waals surface area contributed by atoms with Crippen LogP contribution in [-0.4, -0.2) is 4.98 Å². The number of para-hydroxylation sites is 1. The van der Waals surface area contributed by atoms with E-state index in [0.29, 0.717) is 0 Å². The molecule has 0 N–H and O–H groups in total. The standard InChI is InChI=1S/C17H13N/c1-3-7-15-12(5-1)9-10-14-11-13-6-2-4-8-16(13)18-17(14)15/h2-4,6-11H,1,5H2. The molecule has 1 aromatic heterocycles. The lowest BCUT2D eigenvalue weighted by molar-refractivity contribution is 0.988. The number of pyridine rings is 1. The molecular weight excluding hydrogens is 218 g/mol. The zero-order valence-electron chi connectivity index (χ0n) is 10.1. The fraction of sp³-hybridized carbons (Fsp3) is 0.118. The molecule has 1 heteroatoms. The Labute approximate surface area is 106 Å². The maximum absolute atomic E-state index is 4.84. The molecule has 4 rings (SSSR count). The summed E-state index contributed by atoms with van der Waals surface area (Å²) >= 11 is 0. The van der Waals surface area contributed by atoms with Gasteiger partial charge in [0, 0.05) is 16.3 Å². The van der Waals surface area contributed by atoms with Crippen LogP contribution >= 0.6 is 0 Å². The first-order chi connectivity index (χ1) is 8.92. The molecule has 0 unspecified atom stereocenters. The van der Waals surface area contributed by atoms with Gasteiger partial charge in [-0.1, -0.05) is 42.5 Å². The van der Waals surface area contributed by atoms with Crippen LogP contribution in [0.25, 0.3) is 27.9 Å². The number of nitrogens with zero attached hydrogens (tertiary/aromatic N) is 1. The number of hydrogen-bond donors (Lipinski definition) is 0. The molecule has 0 spiro atoms. The Morgan fingerprint density at radius 3 is 2.89 bits per heavy atom. The Morgan fingerprint density at radius 2 is 1.89 bits per heavy atom. The van der Waals surface area contributed by atoms with Gasteiger partial charge in [-0.05, 0) is 30.5 Å². The van der Waals surface area contributed by atoms with Crippen LogP contribution in [0.1, 0.15) is 17.5 Å². The average molecular weight is 231 g/mol. The predicted octanol–water partition coefficient (Wildman–Crippen LogP) is 4.35. The Morgan fingerprint density at radius 1 is 0.944 bits per heavy atom. The normalized spacial score (nSPS) is 14.0. The molecule has 0 atom stereocenters. The number of fused-ring (bicyclic) bond motifs is 4. The van der Waals surface area contributed by atoms with Gasteiger partial charge in [0.25, 0.3) is 0 Å². The van der Waals surface area contributed by atoms with Crippen LogP contribution in [0.15, 0.2) is 48.5 Å². The molecule has 18 heavy (non-hydrogen) atoms. The molecule has 1 nitrogen and oxygen atoms in total. The fourth-order valence-corrected chi connectivity index (χ4v) is 2.75. The molecule has 1 heterocycles. The molecule has 1 aliphatic carbocycles. The number of benzene rings is 2. The fourth-order valence-electron chi connectivity index (χ4n) is 2.75. The maximum Gasteiger partial charge on any atom is 0.0784 e. The molecule has 1 aliphatic rings. The lowest BCUT2D eigenvalue weighted by Gasteiger charge is -2.13. The van der Waals surface area contributed by atoms with Crippen LogP contribution in [0, 0.1) is 0 Å². The molecule has 86 valence electrons. The number of allylic oxidation sites excluding steroid dienone is 1. The van der Waals surface area contributed by atoms with E-state index in [9.17, 15) is 0 Å². The molecule has 0 saturated carbocycles. The first-order valence-corrected chi connectivity index (χ1v) is 6.40. The van der Waals surface area contributed by atoms with E-state index in [1.165, 1.54) is 21.9 Å². The van der Waals surface area contributed by atoms with E-state index < -0.39 is 0 Å². The third-order valence-electron chi connectivity index (χ3n) is 3.68. The zero-order chi connectivity index (χ0) is 11.9. The molecule has 0 bridgehead atoms. The van der Waals surface area contributed by atoms with Crippen molar-refractivity contribution in [2.75, 3.05) is 0 Å². The van der Waals surface area contributed by atoms with Crippen molar-refractivity contribution in [1.29, 1.82) is 0 Å². The second kappa shape index (κ2) is 3.67. The summed E-state index contributed by atoms with van der Waals surface area (Å²) in [6.07, 6.45) is 6.75. The highest BCUT2D eigenvalue weighted by molar-refractivity contribution is 5.97. The first-order valence-electron chi connectivity index (χ1n) is 6.40.